The van der Waals surface area contributed by atoms with Crippen molar-refractivity contribution in [3.05, 3.63) is 77.9 Å². The SMILES string of the molecule is O=S1(=O)C[C@@H]2[C@@H](C=C(c3ccccc3)[C@H]2c2ccccc2)N1. The Labute approximate surface area is 130 Å². The van der Waals surface area contributed by atoms with Crippen LogP contribution in [0.1, 0.15) is 17.0 Å². The maximum atomic E-state index is 11.9. The van der Waals surface area contributed by atoms with E-state index in [1.54, 1.807) is 0 Å². The molecule has 0 spiro atoms. The molecule has 2 aliphatic rings. The first kappa shape index (κ1) is 13.7. The van der Waals surface area contributed by atoms with E-state index in [4.69, 9.17) is 0 Å². The molecule has 0 radical (unpaired) electrons. The minimum absolute atomic E-state index is 0.0719. The number of allylic oxidation sites excluding steroid dienone is 1. The van der Waals surface area contributed by atoms with Crippen LogP contribution in [-0.2, 0) is 10.0 Å². The average molecular weight is 311 g/mol. The van der Waals surface area contributed by atoms with Crippen LogP contribution >= 0.6 is 0 Å². The second-order valence-corrected chi connectivity index (χ2v) is 7.76. The van der Waals surface area contributed by atoms with Crippen LogP contribution in [0, 0.1) is 5.92 Å². The Balaban J connectivity index is 1.82. The van der Waals surface area contributed by atoms with E-state index in [1.807, 2.05) is 36.4 Å². The van der Waals surface area contributed by atoms with Gasteiger partial charge in [0.2, 0.25) is 10.0 Å². The van der Waals surface area contributed by atoms with Gasteiger partial charge in [0.25, 0.3) is 0 Å². The predicted octanol–water partition coefficient (Wildman–Crippen LogP) is 2.79. The molecular weight excluding hydrogens is 294 g/mol. The van der Waals surface area contributed by atoms with Crippen molar-refractivity contribution < 1.29 is 8.42 Å². The Morgan fingerprint density at radius 1 is 0.909 bits per heavy atom. The van der Waals surface area contributed by atoms with E-state index in [9.17, 15) is 8.42 Å². The van der Waals surface area contributed by atoms with Gasteiger partial charge in [0.15, 0.2) is 0 Å². The Morgan fingerprint density at radius 3 is 2.23 bits per heavy atom. The number of benzene rings is 2. The van der Waals surface area contributed by atoms with Crippen LogP contribution in [0.2, 0.25) is 0 Å². The number of sulfonamides is 1. The van der Waals surface area contributed by atoms with Crippen molar-refractivity contribution in [2.45, 2.75) is 12.0 Å². The first-order chi connectivity index (χ1) is 10.6. The van der Waals surface area contributed by atoms with E-state index in [0.717, 1.165) is 0 Å². The predicted molar refractivity (Wildman–Crippen MR) is 87.8 cm³/mol. The number of hydrogen-bond donors (Lipinski definition) is 1. The summed E-state index contributed by atoms with van der Waals surface area (Å²) in [6.07, 6.45) is 2.10. The molecule has 1 N–H and O–H groups in total. The van der Waals surface area contributed by atoms with Gasteiger partial charge < -0.3 is 0 Å². The van der Waals surface area contributed by atoms with Crippen LogP contribution in [0.3, 0.4) is 0 Å². The highest BCUT2D eigenvalue weighted by atomic mass is 32.2. The summed E-state index contributed by atoms with van der Waals surface area (Å²) in [6, 6.07) is 20.4. The monoisotopic (exact) mass is 311 g/mol. The normalized spacial score (nSPS) is 29.1. The third-order valence-electron chi connectivity index (χ3n) is 4.58. The van der Waals surface area contributed by atoms with Crippen molar-refractivity contribution in [1.82, 2.24) is 4.72 Å². The fourth-order valence-electron chi connectivity index (χ4n) is 3.68. The molecule has 0 aromatic heterocycles. The molecule has 1 saturated heterocycles. The molecule has 0 saturated carbocycles. The molecule has 1 aliphatic carbocycles. The topological polar surface area (TPSA) is 46.2 Å². The lowest BCUT2D eigenvalue weighted by molar-refractivity contribution is 0.524. The van der Waals surface area contributed by atoms with Crippen molar-refractivity contribution >= 4 is 15.6 Å². The summed E-state index contributed by atoms with van der Waals surface area (Å²) >= 11 is 0. The van der Waals surface area contributed by atoms with Gasteiger partial charge in [-0.05, 0) is 16.7 Å². The fraction of sp³-hybridized carbons (Fsp3) is 0.222. The quantitative estimate of drug-likeness (QED) is 0.927. The van der Waals surface area contributed by atoms with E-state index < -0.39 is 10.0 Å². The Kier molecular flexibility index (Phi) is 3.17. The van der Waals surface area contributed by atoms with Crippen LogP contribution in [0.5, 0.6) is 0 Å². The van der Waals surface area contributed by atoms with Gasteiger partial charge in [-0.3, -0.25) is 0 Å². The Hall–Kier alpha value is -1.91. The summed E-state index contributed by atoms with van der Waals surface area (Å²) in [5.41, 5.74) is 3.58. The second-order valence-electron chi connectivity index (χ2n) is 5.97. The molecule has 2 aromatic rings. The second kappa shape index (κ2) is 5.07. The van der Waals surface area contributed by atoms with E-state index >= 15 is 0 Å². The molecule has 1 aliphatic heterocycles. The number of fused-ring (bicyclic) bond motifs is 1. The zero-order valence-corrected chi connectivity index (χ0v) is 12.8. The summed E-state index contributed by atoms with van der Waals surface area (Å²) in [4.78, 5) is 0. The standard InChI is InChI=1S/C18H17NO2S/c20-22(21)12-16-17(19-22)11-15(13-7-3-1-4-8-13)18(16)14-9-5-2-6-10-14/h1-11,16-19H,12H2/t16-,17-,18-/m1/s1. The Morgan fingerprint density at radius 2 is 1.55 bits per heavy atom. The maximum Gasteiger partial charge on any atom is 0.212 e. The third-order valence-corrected chi connectivity index (χ3v) is 6.03. The molecule has 3 atom stereocenters. The highest BCUT2D eigenvalue weighted by Gasteiger charge is 2.46. The van der Waals surface area contributed by atoms with Crippen molar-refractivity contribution in [2.75, 3.05) is 5.75 Å². The number of rotatable bonds is 2. The summed E-state index contributed by atoms with van der Waals surface area (Å²) in [5, 5.41) is 0. The van der Waals surface area contributed by atoms with Gasteiger partial charge in [0.05, 0.1) is 5.75 Å². The maximum absolute atomic E-state index is 11.9. The molecular formula is C18H17NO2S. The van der Waals surface area contributed by atoms with E-state index in [1.165, 1.54) is 16.7 Å². The first-order valence-corrected chi connectivity index (χ1v) is 9.11. The van der Waals surface area contributed by atoms with E-state index in [-0.39, 0.29) is 23.6 Å². The number of nitrogens with one attached hydrogen (secondary N) is 1. The highest BCUT2D eigenvalue weighted by molar-refractivity contribution is 7.89. The lowest BCUT2D eigenvalue weighted by atomic mass is 9.82. The van der Waals surface area contributed by atoms with Crippen molar-refractivity contribution in [3.8, 4) is 0 Å². The van der Waals surface area contributed by atoms with Gasteiger partial charge in [0, 0.05) is 17.9 Å². The van der Waals surface area contributed by atoms with Gasteiger partial charge >= 0.3 is 0 Å². The highest BCUT2D eigenvalue weighted by Crippen LogP contribution is 2.47. The lowest BCUT2D eigenvalue weighted by Gasteiger charge is -2.22. The van der Waals surface area contributed by atoms with E-state index in [0.29, 0.717) is 0 Å². The third kappa shape index (κ3) is 2.28. The van der Waals surface area contributed by atoms with Gasteiger partial charge in [0.1, 0.15) is 0 Å². The van der Waals surface area contributed by atoms with Gasteiger partial charge in [-0.1, -0.05) is 66.7 Å². The van der Waals surface area contributed by atoms with Crippen molar-refractivity contribution in [1.29, 1.82) is 0 Å². The molecule has 2 aromatic carbocycles. The summed E-state index contributed by atoms with van der Waals surface area (Å²) < 4.78 is 26.6. The molecule has 0 amide bonds. The average Bonchev–Trinajstić information content (AvgIpc) is 3.00. The van der Waals surface area contributed by atoms with Crippen LogP contribution < -0.4 is 4.72 Å². The molecule has 1 fully saturated rings. The summed E-state index contributed by atoms with van der Waals surface area (Å²) in [6.45, 7) is 0. The first-order valence-electron chi connectivity index (χ1n) is 7.46. The minimum Gasteiger partial charge on any atom is -0.212 e. The van der Waals surface area contributed by atoms with Crippen LogP contribution in [0.25, 0.3) is 5.57 Å². The lowest BCUT2D eigenvalue weighted by Crippen LogP contribution is -2.25. The van der Waals surface area contributed by atoms with E-state index in [2.05, 4.69) is 35.1 Å². The minimum atomic E-state index is -3.15. The molecule has 3 nitrogen and oxygen atoms in total. The fourth-order valence-corrected chi connectivity index (χ4v) is 5.34. The van der Waals surface area contributed by atoms with Crippen LogP contribution in [0.4, 0.5) is 0 Å². The molecule has 4 rings (SSSR count). The molecule has 4 heteroatoms. The van der Waals surface area contributed by atoms with Crippen LogP contribution in [0.15, 0.2) is 66.7 Å². The largest absolute Gasteiger partial charge is 0.212 e. The van der Waals surface area contributed by atoms with Crippen molar-refractivity contribution in [2.24, 2.45) is 5.92 Å². The smallest absolute Gasteiger partial charge is 0.212 e. The Bertz CT molecular complexity index is 813. The summed E-state index contributed by atoms with van der Waals surface area (Å²) in [5.74, 6) is 0.394. The molecule has 1 heterocycles. The molecule has 112 valence electrons. The molecule has 0 bridgehead atoms. The summed E-state index contributed by atoms with van der Waals surface area (Å²) in [7, 11) is -3.15. The van der Waals surface area contributed by atoms with Gasteiger partial charge in [-0.15, -0.1) is 0 Å². The zero-order chi connectivity index (χ0) is 15.2. The van der Waals surface area contributed by atoms with Gasteiger partial charge in [-0.2, -0.15) is 0 Å². The van der Waals surface area contributed by atoms with Gasteiger partial charge in [-0.25, -0.2) is 13.1 Å². The zero-order valence-electron chi connectivity index (χ0n) is 12.0. The number of hydrogen-bond acceptors (Lipinski definition) is 2. The van der Waals surface area contributed by atoms with Crippen molar-refractivity contribution in [3.63, 3.8) is 0 Å². The molecule has 22 heavy (non-hydrogen) atoms. The molecule has 0 unspecified atom stereocenters. The van der Waals surface area contributed by atoms with Crippen LogP contribution in [-0.4, -0.2) is 20.2 Å².